The number of urea groups is 1. The number of anilines is 1. The molecule has 11 heteroatoms. The Morgan fingerprint density at radius 3 is 2.49 bits per heavy atom. The molecule has 0 spiro atoms. The molecule has 2 aliphatic heterocycles. The van der Waals surface area contributed by atoms with E-state index in [4.69, 9.17) is 4.74 Å². The SMILES string of the molecule is CCC(=O)c1csc(NC(=O)C([C@@H](C)c2ccccc2)N2C(=O)NC(c3ccc(OCCN4CCCCC4)cc3)C2=O)n1. The van der Waals surface area contributed by atoms with Gasteiger partial charge in [-0.05, 0) is 49.2 Å². The van der Waals surface area contributed by atoms with Crippen molar-refractivity contribution >= 4 is 40.1 Å². The number of carbonyl (C=O) groups is 4. The fourth-order valence-electron chi connectivity index (χ4n) is 5.54. The summed E-state index contributed by atoms with van der Waals surface area (Å²) in [5.74, 6) is -1.06. The highest BCUT2D eigenvalue weighted by molar-refractivity contribution is 7.14. The first kappa shape index (κ1) is 30.4. The Morgan fingerprint density at radius 2 is 1.79 bits per heavy atom. The van der Waals surface area contributed by atoms with Gasteiger partial charge < -0.3 is 15.4 Å². The predicted octanol–water partition coefficient (Wildman–Crippen LogP) is 5.00. The standard InChI is InChI=1S/C32H37N5O5S/c1-3-26(38)25-20-43-31(33-25)35-29(39)28(21(2)22-10-6-4-7-11-22)37-30(40)27(34-32(37)41)23-12-14-24(15-13-23)42-19-18-36-16-8-5-9-17-36/h4,6-7,10-15,20-21,27-28H,3,5,8-9,16-19H2,1-2H3,(H,34,41)(H,33,35,39)/t21-,27?,28?/m0/s1. The first-order valence-electron chi connectivity index (χ1n) is 14.8. The molecular weight excluding hydrogens is 566 g/mol. The summed E-state index contributed by atoms with van der Waals surface area (Å²) < 4.78 is 5.92. The van der Waals surface area contributed by atoms with Crippen molar-refractivity contribution in [2.45, 2.75) is 57.5 Å². The Morgan fingerprint density at radius 1 is 1.07 bits per heavy atom. The van der Waals surface area contributed by atoms with Crippen molar-refractivity contribution in [2.75, 3.05) is 31.6 Å². The minimum atomic E-state index is -1.16. The molecule has 2 saturated heterocycles. The van der Waals surface area contributed by atoms with Crippen molar-refractivity contribution in [3.05, 3.63) is 76.8 Å². The van der Waals surface area contributed by atoms with Crippen LogP contribution in [-0.2, 0) is 9.59 Å². The molecule has 0 bridgehead atoms. The van der Waals surface area contributed by atoms with Gasteiger partial charge in [-0.2, -0.15) is 0 Å². The maximum absolute atomic E-state index is 13.8. The summed E-state index contributed by atoms with van der Waals surface area (Å²) in [6.45, 7) is 7.20. The second-order valence-corrected chi connectivity index (χ2v) is 11.7. The van der Waals surface area contributed by atoms with Crippen LogP contribution in [0.3, 0.4) is 0 Å². The van der Waals surface area contributed by atoms with Gasteiger partial charge in [0.2, 0.25) is 5.91 Å². The third kappa shape index (κ3) is 7.11. The number of nitrogens with one attached hydrogen (secondary N) is 2. The van der Waals surface area contributed by atoms with E-state index in [-0.39, 0.29) is 16.6 Å². The van der Waals surface area contributed by atoms with E-state index in [9.17, 15) is 19.2 Å². The Bertz CT molecular complexity index is 1440. The number of Topliss-reactive ketones (excluding diaryl/α,β-unsaturated/α-hetero) is 1. The van der Waals surface area contributed by atoms with E-state index in [1.54, 1.807) is 43.5 Å². The lowest BCUT2D eigenvalue weighted by molar-refractivity contribution is -0.134. The molecule has 0 aliphatic carbocycles. The minimum absolute atomic E-state index is 0.138. The van der Waals surface area contributed by atoms with Crippen molar-refractivity contribution < 1.29 is 23.9 Å². The number of aromatic nitrogens is 1. The summed E-state index contributed by atoms with van der Waals surface area (Å²) >= 11 is 1.12. The molecule has 43 heavy (non-hydrogen) atoms. The van der Waals surface area contributed by atoms with Crippen molar-refractivity contribution in [1.29, 1.82) is 0 Å². The van der Waals surface area contributed by atoms with Crippen LogP contribution < -0.4 is 15.4 Å². The zero-order chi connectivity index (χ0) is 30.3. The summed E-state index contributed by atoms with van der Waals surface area (Å²) in [6, 6.07) is 13.6. The molecule has 2 aliphatic rings. The molecule has 2 aromatic carbocycles. The third-order valence-corrected chi connectivity index (χ3v) is 8.75. The van der Waals surface area contributed by atoms with Crippen LogP contribution in [0, 0.1) is 0 Å². The Balaban J connectivity index is 1.31. The molecule has 3 aromatic rings. The normalized spacial score (nSPS) is 18.7. The van der Waals surface area contributed by atoms with Gasteiger partial charge >= 0.3 is 6.03 Å². The fraction of sp³-hybridized carbons (Fsp3) is 0.406. The quantitative estimate of drug-likeness (QED) is 0.221. The number of thiazole rings is 1. The highest BCUT2D eigenvalue weighted by Crippen LogP contribution is 2.32. The zero-order valence-corrected chi connectivity index (χ0v) is 25.3. The first-order valence-corrected chi connectivity index (χ1v) is 15.7. The molecule has 0 radical (unpaired) electrons. The van der Waals surface area contributed by atoms with Crippen LogP contribution in [0.25, 0.3) is 0 Å². The second-order valence-electron chi connectivity index (χ2n) is 10.9. The maximum Gasteiger partial charge on any atom is 0.325 e. The van der Waals surface area contributed by atoms with E-state index in [1.165, 1.54) is 19.3 Å². The number of amides is 4. The van der Waals surface area contributed by atoms with Crippen molar-refractivity contribution in [1.82, 2.24) is 20.1 Å². The van der Waals surface area contributed by atoms with Crippen LogP contribution in [0.4, 0.5) is 9.93 Å². The van der Waals surface area contributed by atoms with E-state index < -0.39 is 35.8 Å². The average Bonchev–Trinajstić information content (AvgIpc) is 3.62. The number of likely N-dealkylation sites (tertiary alicyclic amines) is 1. The summed E-state index contributed by atoms with van der Waals surface area (Å²) in [7, 11) is 0. The van der Waals surface area contributed by atoms with Crippen molar-refractivity contribution in [3.8, 4) is 5.75 Å². The lowest BCUT2D eigenvalue weighted by Crippen LogP contribution is -2.50. The Hall–Kier alpha value is -4.09. The summed E-state index contributed by atoms with van der Waals surface area (Å²) in [6.07, 6.45) is 4.04. The zero-order valence-electron chi connectivity index (χ0n) is 24.5. The highest BCUT2D eigenvalue weighted by Gasteiger charge is 2.47. The Kier molecular flexibility index (Phi) is 9.83. The van der Waals surface area contributed by atoms with E-state index >= 15 is 0 Å². The van der Waals surface area contributed by atoms with Gasteiger partial charge in [-0.25, -0.2) is 14.7 Å². The van der Waals surface area contributed by atoms with Crippen LogP contribution in [-0.4, -0.2) is 70.7 Å². The second kappa shape index (κ2) is 13.9. The number of piperidine rings is 1. The smallest absolute Gasteiger partial charge is 0.325 e. The first-order chi connectivity index (χ1) is 20.9. The molecule has 3 heterocycles. The van der Waals surface area contributed by atoms with Gasteiger partial charge in [0.25, 0.3) is 5.91 Å². The van der Waals surface area contributed by atoms with Gasteiger partial charge in [-0.15, -0.1) is 11.3 Å². The molecule has 5 rings (SSSR count). The number of nitrogens with zero attached hydrogens (tertiary/aromatic N) is 3. The summed E-state index contributed by atoms with van der Waals surface area (Å²) in [5, 5.41) is 7.31. The number of ketones is 1. The van der Waals surface area contributed by atoms with E-state index in [1.807, 2.05) is 30.3 Å². The number of hydrogen-bond acceptors (Lipinski definition) is 8. The molecule has 3 atom stereocenters. The highest BCUT2D eigenvalue weighted by atomic mass is 32.1. The fourth-order valence-corrected chi connectivity index (χ4v) is 6.26. The molecule has 0 saturated carbocycles. The molecule has 1 aromatic heterocycles. The van der Waals surface area contributed by atoms with Gasteiger partial charge in [0.15, 0.2) is 10.9 Å². The number of hydrogen-bond donors (Lipinski definition) is 2. The third-order valence-electron chi connectivity index (χ3n) is 8.00. The minimum Gasteiger partial charge on any atom is -0.492 e. The van der Waals surface area contributed by atoms with Gasteiger partial charge in [0.05, 0.1) is 0 Å². The molecule has 2 N–H and O–H groups in total. The molecule has 2 unspecified atom stereocenters. The lowest BCUT2D eigenvalue weighted by Gasteiger charge is -2.29. The Labute approximate surface area is 255 Å². The van der Waals surface area contributed by atoms with Crippen molar-refractivity contribution in [2.24, 2.45) is 0 Å². The molecule has 2 fully saturated rings. The van der Waals surface area contributed by atoms with Crippen LogP contribution in [0.15, 0.2) is 60.0 Å². The van der Waals surface area contributed by atoms with Crippen LogP contribution in [0.1, 0.15) is 73.1 Å². The van der Waals surface area contributed by atoms with E-state index in [2.05, 4.69) is 20.5 Å². The van der Waals surface area contributed by atoms with Crippen LogP contribution in [0.5, 0.6) is 5.75 Å². The largest absolute Gasteiger partial charge is 0.492 e. The number of carbonyl (C=O) groups excluding carboxylic acids is 4. The number of ether oxygens (including phenoxy) is 1. The van der Waals surface area contributed by atoms with Gasteiger partial charge in [-0.1, -0.05) is 62.7 Å². The van der Waals surface area contributed by atoms with E-state index in [0.29, 0.717) is 24.3 Å². The summed E-state index contributed by atoms with van der Waals surface area (Å²) in [4.78, 5) is 60.5. The van der Waals surface area contributed by atoms with Gasteiger partial charge in [0.1, 0.15) is 30.1 Å². The van der Waals surface area contributed by atoms with Crippen molar-refractivity contribution in [3.63, 3.8) is 0 Å². The number of rotatable bonds is 12. The summed E-state index contributed by atoms with van der Waals surface area (Å²) in [5.41, 5.74) is 1.65. The predicted molar refractivity (Wildman–Crippen MR) is 164 cm³/mol. The topological polar surface area (TPSA) is 121 Å². The van der Waals surface area contributed by atoms with Crippen LogP contribution >= 0.6 is 11.3 Å². The molecular formula is C32H37N5O5S. The number of imide groups is 1. The maximum atomic E-state index is 13.8. The molecule has 10 nitrogen and oxygen atoms in total. The molecule has 226 valence electrons. The molecule has 4 amide bonds. The lowest BCUT2D eigenvalue weighted by atomic mass is 9.91. The van der Waals surface area contributed by atoms with E-state index in [0.717, 1.165) is 41.4 Å². The monoisotopic (exact) mass is 603 g/mol. The van der Waals surface area contributed by atoms with Gasteiger partial charge in [-0.3, -0.25) is 19.3 Å². The average molecular weight is 604 g/mol. The van der Waals surface area contributed by atoms with Gasteiger partial charge in [0, 0.05) is 24.3 Å². The number of benzene rings is 2. The van der Waals surface area contributed by atoms with Crippen LogP contribution in [0.2, 0.25) is 0 Å².